The normalized spacial score (nSPS) is 9.96. The van der Waals surface area contributed by atoms with Crippen molar-refractivity contribution in [3.8, 4) is 6.07 Å². The summed E-state index contributed by atoms with van der Waals surface area (Å²) < 4.78 is 4.93. The third-order valence-electron chi connectivity index (χ3n) is 3.34. The minimum absolute atomic E-state index is 0.102. The number of benzene rings is 1. The highest BCUT2D eigenvalue weighted by molar-refractivity contribution is 7.18. The molecule has 0 saturated carbocycles. The highest BCUT2D eigenvalue weighted by Gasteiger charge is 2.23. The first-order chi connectivity index (χ1) is 11.9. The van der Waals surface area contributed by atoms with Gasteiger partial charge in [0.15, 0.2) is 0 Å². The molecule has 8 heteroatoms. The van der Waals surface area contributed by atoms with Crippen LogP contribution in [0.1, 0.15) is 48.4 Å². The lowest BCUT2D eigenvalue weighted by Crippen LogP contribution is -2.26. The molecule has 7 nitrogen and oxygen atoms in total. The van der Waals surface area contributed by atoms with Gasteiger partial charge in [0, 0.05) is 11.1 Å². The van der Waals surface area contributed by atoms with Gasteiger partial charge in [0.2, 0.25) is 0 Å². The monoisotopic (exact) mass is 357 g/mol. The quantitative estimate of drug-likeness (QED) is 0.814. The first-order valence-electron chi connectivity index (χ1n) is 7.23. The molecule has 0 saturated heterocycles. The van der Waals surface area contributed by atoms with Crippen molar-refractivity contribution in [1.82, 2.24) is 0 Å². The van der Waals surface area contributed by atoms with E-state index in [1.807, 2.05) is 6.07 Å². The van der Waals surface area contributed by atoms with Crippen LogP contribution in [0.2, 0.25) is 0 Å². The van der Waals surface area contributed by atoms with Crippen LogP contribution in [0.3, 0.4) is 0 Å². The second kappa shape index (κ2) is 7.59. The van der Waals surface area contributed by atoms with Crippen molar-refractivity contribution in [2.75, 3.05) is 11.9 Å². The van der Waals surface area contributed by atoms with Crippen molar-refractivity contribution in [2.24, 2.45) is 0 Å². The first kappa shape index (κ1) is 18.2. The summed E-state index contributed by atoms with van der Waals surface area (Å²) in [6.45, 7) is 3.41. The standard InChI is InChI=1S/C17H14N2O5S/c1-3-24-17(23)13-9(2)12(8-18)15(25-13)19-14(20)10-6-4-5-7-11(10)16(21)22/h4-7H,3H2,1-2H3,(H,19,20)(H,21,22)/p-1. The minimum Gasteiger partial charge on any atom is -0.545 e. The average molecular weight is 357 g/mol. The Bertz CT molecular complexity index is 895. The molecule has 0 spiro atoms. The van der Waals surface area contributed by atoms with Gasteiger partial charge in [-0.3, -0.25) is 4.79 Å². The van der Waals surface area contributed by atoms with Gasteiger partial charge >= 0.3 is 5.97 Å². The number of nitriles is 1. The number of carboxylic acid groups (broad SMARTS) is 1. The summed E-state index contributed by atoms with van der Waals surface area (Å²) in [7, 11) is 0. The molecule has 0 unspecified atom stereocenters. The van der Waals surface area contributed by atoms with Crippen molar-refractivity contribution in [3.63, 3.8) is 0 Å². The lowest BCUT2D eigenvalue weighted by Gasteiger charge is -2.09. The van der Waals surface area contributed by atoms with Crippen LogP contribution in [0, 0.1) is 18.3 Å². The molecule has 0 fully saturated rings. The number of amides is 1. The van der Waals surface area contributed by atoms with Crippen LogP contribution in [0.25, 0.3) is 0 Å². The van der Waals surface area contributed by atoms with Crippen LogP contribution >= 0.6 is 11.3 Å². The van der Waals surface area contributed by atoms with E-state index in [-0.39, 0.29) is 33.2 Å². The number of nitrogens with one attached hydrogen (secondary N) is 1. The predicted octanol–water partition coefficient (Wildman–Crippen LogP) is 1.72. The molecule has 1 heterocycles. The van der Waals surface area contributed by atoms with Crippen molar-refractivity contribution in [1.29, 1.82) is 5.26 Å². The summed E-state index contributed by atoms with van der Waals surface area (Å²) in [5, 5.41) is 23.1. The van der Waals surface area contributed by atoms with Crippen LogP contribution < -0.4 is 10.4 Å². The average Bonchev–Trinajstić information content (AvgIpc) is 2.90. The molecule has 128 valence electrons. The number of anilines is 1. The van der Waals surface area contributed by atoms with Crippen LogP contribution in [0.4, 0.5) is 5.00 Å². The summed E-state index contributed by atoms with van der Waals surface area (Å²) in [5.41, 5.74) is 0.161. The van der Waals surface area contributed by atoms with Gasteiger partial charge in [-0.15, -0.1) is 11.3 Å². The molecule has 0 bridgehead atoms. The maximum absolute atomic E-state index is 12.4. The molecule has 1 aromatic heterocycles. The molecular weight excluding hydrogens is 344 g/mol. The molecule has 0 radical (unpaired) electrons. The van der Waals surface area contributed by atoms with Crippen molar-refractivity contribution in [3.05, 3.63) is 51.4 Å². The topological polar surface area (TPSA) is 119 Å². The van der Waals surface area contributed by atoms with E-state index in [0.29, 0.717) is 5.56 Å². The summed E-state index contributed by atoms with van der Waals surface area (Å²) in [4.78, 5) is 35.7. The third kappa shape index (κ3) is 3.67. The van der Waals surface area contributed by atoms with Crippen molar-refractivity contribution < 1.29 is 24.2 Å². The van der Waals surface area contributed by atoms with Gasteiger partial charge in [-0.05, 0) is 25.5 Å². The number of rotatable bonds is 5. The summed E-state index contributed by atoms with van der Waals surface area (Å²) in [6.07, 6.45) is 0. The molecule has 1 N–H and O–H groups in total. The van der Waals surface area contributed by atoms with E-state index in [0.717, 1.165) is 11.3 Å². The zero-order chi connectivity index (χ0) is 18.6. The Hall–Kier alpha value is -3.18. The van der Waals surface area contributed by atoms with E-state index in [9.17, 15) is 24.8 Å². The zero-order valence-electron chi connectivity index (χ0n) is 13.4. The Morgan fingerprint density at radius 2 is 1.92 bits per heavy atom. The molecule has 1 amide bonds. The number of thiophene rings is 1. The van der Waals surface area contributed by atoms with Crippen LogP contribution in [0.5, 0.6) is 0 Å². The zero-order valence-corrected chi connectivity index (χ0v) is 14.2. The molecule has 1 aromatic carbocycles. The maximum atomic E-state index is 12.4. The fourth-order valence-corrected chi connectivity index (χ4v) is 3.20. The van der Waals surface area contributed by atoms with E-state index in [1.165, 1.54) is 24.3 Å². The Kier molecular flexibility index (Phi) is 5.52. The second-order valence-electron chi connectivity index (χ2n) is 4.88. The molecule has 0 aliphatic heterocycles. The van der Waals surface area contributed by atoms with Crippen molar-refractivity contribution in [2.45, 2.75) is 13.8 Å². The summed E-state index contributed by atoms with van der Waals surface area (Å²) >= 11 is 0.904. The van der Waals surface area contributed by atoms with E-state index in [4.69, 9.17) is 4.74 Å². The number of esters is 1. The largest absolute Gasteiger partial charge is 0.545 e. The van der Waals surface area contributed by atoms with Gasteiger partial charge in [-0.25, -0.2) is 4.79 Å². The van der Waals surface area contributed by atoms with Crippen LogP contribution in [-0.2, 0) is 4.74 Å². The Labute approximate surface area is 147 Å². The maximum Gasteiger partial charge on any atom is 0.348 e. The van der Waals surface area contributed by atoms with Gasteiger partial charge < -0.3 is 20.0 Å². The smallest absolute Gasteiger partial charge is 0.348 e. The summed E-state index contributed by atoms with van der Waals surface area (Å²) in [6, 6.07) is 7.50. The highest BCUT2D eigenvalue weighted by Crippen LogP contribution is 2.33. The highest BCUT2D eigenvalue weighted by atomic mass is 32.1. The van der Waals surface area contributed by atoms with Gasteiger partial charge in [-0.1, -0.05) is 18.2 Å². The molecule has 2 aromatic rings. The Morgan fingerprint density at radius 1 is 1.28 bits per heavy atom. The Balaban J connectivity index is 2.40. The van der Waals surface area contributed by atoms with E-state index in [1.54, 1.807) is 13.8 Å². The molecule has 0 atom stereocenters. The SMILES string of the molecule is CCOC(=O)c1sc(NC(=O)c2ccccc2C(=O)[O-])c(C#N)c1C. The third-order valence-corrected chi connectivity index (χ3v) is 4.53. The number of aromatic carboxylic acids is 1. The second-order valence-corrected chi connectivity index (χ2v) is 5.90. The lowest BCUT2D eigenvalue weighted by atomic mass is 10.1. The van der Waals surface area contributed by atoms with E-state index in [2.05, 4.69) is 5.32 Å². The number of carbonyl (C=O) groups is 3. The minimum atomic E-state index is -1.49. The molecule has 0 aliphatic rings. The van der Waals surface area contributed by atoms with Gasteiger partial charge in [-0.2, -0.15) is 5.26 Å². The van der Waals surface area contributed by atoms with Crippen LogP contribution in [0.15, 0.2) is 24.3 Å². The molecule has 0 aliphatic carbocycles. The Morgan fingerprint density at radius 3 is 2.48 bits per heavy atom. The predicted molar refractivity (Wildman–Crippen MR) is 88.5 cm³/mol. The van der Waals surface area contributed by atoms with E-state index < -0.39 is 17.8 Å². The number of hydrogen-bond donors (Lipinski definition) is 1. The van der Waals surface area contributed by atoms with Crippen molar-refractivity contribution >= 4 is 34.2 Å². The van der Waals surface area contributed by atoms with Gasteiger partial charge in [0.25, 0.3) is 5.91 Å². The molecule has 25 heavy (non-hydrogen) atoms. The number of ether oxygens (including phenoxy) is 1. The molecule has 2 rings (SSSR count). The van der Waals surface area contributed by atoms with Crippen LogP contribution in [-0.4, -0.2) is 24.5 Å². The number of hydrogen-bond acceptors (Lipinski definition) is 7. The fourth-order valence-electron chi connectivity index (χ4n) is 2.16. The lowest BCUT2D eigenvalue weighted by molar-refractivity contribution is -0.255. The number of nitrogens with zero attached hydrogens (tertiary/aromatic N) is 1. The first-order valence-corrected chi connectivity index (χ1v) is 8.04. The van der Waals surface area contributed by atoms with E-state index >= 15 is 0 Å². The summed E-state index contributed by atoms with van der Waals surface area (Å²) in [5.74, 6) is -2.79. The van der Waals surface area contributed by atoms with Gasteiger partial charge in [0.05, 0.1) is 18.1 Å². The number of carboxylic acids is 1. The number of carbonyl (C=O) groups excluding carboxylic acids is 3. The fraction of sp³-hybridized carbons (Fsp3) is 0.176. The molecular formula is C17H13N2O5S-. The van der Waals surface area contributed by atoms with Gasteiger partial charge in [0.1, 0.15) is 15.9 Å².